The smallest absolute Gasteiger partial charge is 0.399 e. The van der Waals surface area contributed by atoms with E-state index >= 15 is 0 Å². The van der Waals surface area contributed by atoms with Crippen LogP contribution in [0, 0.1) is 11.3 Å². The van der Waals surface area contributed by atoms with Crippen LogP contribution in [-0.2, 0) is 14.7 Å². The summed E-state index contributed by atoms with van der Waals surface area (Å²) in [5, 5.41) is 9.34. The molecule has 0 spiro atoms. The third-order valence-electron chi connectivity index (χ3n) is 9.45. The Hall–Kier alpha value is -4.43. The molecule has 0 saturated carbocycles. The van der Waals surface area contributed by atoms with E-state index in [0.29, 0.717) is 5.56 Å². The molecule has 7 rings (SSSR count). The fourth-order valence-corrected chi connectivity index (χ4v) is 6.55. The second kappa shape index (κ2) is 9.56. The minimum absolute atomic E-state index is 0.425. The molecule has 0 atom stereocenters. The molecular weight excluding hydrogens is 513 g/mol. The first-order valence-electron chi connectivity index (χ1n) is 14.5. The zero-order valence-corrected chi connectivity index (χ0v) is 24.4. The lowest BCUT2D eigenvalue weighted by Gasteiger charge is -2.34. The topological polar surface area (TPSA) is 42.2 Å². The van der Waals surface area contributed by atoms with E-state index < -0.39 is 23.7 Å². The molecule has 2 aliphatic rings. The van der Waals surface area contributed by atoms with Gasteiger partial charge in [-0.2, -0.15) is 5.26 Å². The maximum absolute atomic E-state index is 9.34. The van der Waals surface area contributed by atoms with Gasteiger partial charge in [0.05, 0.1) is 28.2 Å². The summed E-state index contributed by atoms with van der Waals surface area (Å²) in [5.41, 5.74) is 9.79. The van der Waals surface area contributed by atoms with Gasteiger partial charge in [-0.1, -0.05) is 103 Å². The molecule has 1 fully saturated rings. The lowest BCUT2D eigenvalue weighted by atomic mass is 9.66. The predicted molar refractivity (Wildman–Crippen MR) is 170 cm³/mol. The third-order valence-corrected chi connectivity index (χ3v) is 9.45. The van der Waals surface area contributed by atoms with Crippen LogP contribution in [0.1, 0.15) is 55.5 Å². The SMILES string of the molecule is CC1(C)OB(c2ccc3c(c2)C(c2ccccc2)(c2ccccc2)c2cc(-c4ccc(C#N)cc4)ccc2-3)OC1(C)C. The fourth-order valence-electron chi connectivity index (χ4n) is 6.55. The van der Waals surface area contributed by atoms with E-state index in [9.17, 15) is 5.26 Å². The summed E-state index contributed by atoms with van der Waals surface area (Å²) in [7, 11) is -0.456. The number of hydrogen-bond acceptors (Lipinski definition) is 3. The van der Waals surface area contributed by atoms with Gasteiger partial charge in [-0.25, -0.2) is 0 Å². The first-order chi connectivity index (χ1) is 20.2. The van der Waals surface area contributed by atoms with E-state index in [1.54, 1.807) is 0 Å². The van der Waals surface area contributed by atoms with E-state index in [1.165, 1.54) is 33.4 Å². The van der Waals surface area contributed by atoms with Gasteiger partial charge in [0.15, 0.2) is 0 Å². The van der Waals surface area contributed by atoms with Crippen molar-refractivity contribution in [2.45, 2.75) is 44.3 Å². The second-order valence-electron chi connectivity index (χ2n) is 12.3. The first kappa shape index (κ1) is 26.5. The molecule has 0 amide bonds. The Morgan fingerprint density at radius 1 is 0.571 bits per heavy atom. The lowest BCUT2D eigenvalue weighted by molar-refractivity contribution is 0.00578. The van der Waals surface area contributed by atoms with Gasteiger partial charge in [-0.15, -0.1) is 0 Å². The molecule has 5 aromatic rings. The summed E-state index contributed by atoms with van der Waals surface area (Å²) in [6, 6.07) is 45.2. The van der Waals surface area contributed by atoms with Gasteiger partial charge in [-0.05, 0) is 95.9 Å². The number of nitriles is 1. The van der Waals surface area contributed by atoms with Crippen LogP contribution < -0.4 is 5.46 Å². The van der Waals surface area contributed by atoms with Crippen LogP contribution in [0.2, 0.25) is 0 Å². The van der Waals surface area contributed by atoms with E-state index in [4.69, 9.17) is 9.31 Å². The monoisotopic (exact) mass is 545 g/mol. The van der Waals surface area contributed by atoms with Crippen LogP contribution in [0.4, 0.5) is 0 Å². The molecule has 1 aliphatic heterocycles. The van der Waals surface area contributed by atoms with Crippen molar-refractivity contribution < 1.29 is 9.31 Å². The highest BCUT2D eigenvalue weighted by Crippen LogP contribution is 2.56. The van der Waals surface area contributed by atoms with Crippen LogP contribution in [0.25, 0.3) is 22.3 Å². The van der Waals surface area contributed by atoms with Gasteiger partial charge in [0.25, 0.3) is 0 Å². The van der Waals surface area contributed by atoms with Gasteiger partial charge >= 0.3 is 7.12 Å². The van der Waals surface area contributed by atoms with Crippen LogP contribution in [0.3, 0.4) is 0 Å². The fraction of sp³-hybridized carbons (Fsp3) is 0.184. The average molecular weight is 545 g/mol. The predicted octanol–water partition coefficient (Wildman–Crippen LogP) is 7.89. The summed E-state index contributed by atoms with van der Waals surface area (Å²) in [5.74, 6) is 0. The van der Waals surface area contributed by atoms with Crippen LogP contribution in [-0.4, -0.2) is 18.3 Å². The molecule has 1 aliphatic carbocycles. The quantitative estimate of drug-likeness (QED) is 0.212. The molecule has 0 aromatic heterocycles. The normalized spacial score (nSPS) is 17.4. The lowest BCUT2D eigenvalue weighted by Crippen LogP contribution is -2.41. The number of hydrogen-bond donors (Lipinski definition) is 0. The highest BCUT2D eigenvalue weighted by atomic mass is 16.7. The Bertz CT molecular complexity index is 1780. The number of nitrogens with zero attached hydrogens (tertiary/aromatic N) is 1. The van der Waals surface area contributed by atoms with Crippen LogP contribution in [0.5, 0.6) is 0 Å². The van der Waals surface area contributed by atoms with Gasteiger partial charge in [0, 0.05) is 0 Å². The molecule has 5 aromatic carbocycles. The molecule has 3 nitrogen and oxygen atoms in total. The van der Waals surface area contributed by atoms with Gasteiger partial charge < -0.3 is 9.31 Å². The maximum atomic E-state index is 9.34. The average Bonchev–Trinajstić information content (AvgIpc) is 3.43. The second-order valence-corrected chi connectivity index (χ2v) is 12.3. The Balaban J connectivity index is 1.50. The van der Waals surface area contributed by atoms with Crippen molar-refractivity contribution >= 4 is 12.6 Å². The summed E-state index contributed by atoms with van der Waals surface area (Å²) >= 11 is 0. The molecule has 1 heterocycles. The van der Waals surface area contributed by atoms with Crippen molar-refractivity contribution in [1.29, 1.82) is 5.26 Å². The summed E-state index contributed by atoms with van der Waals surface area (Å²) in [4.78, 5) is 0. The number of rotatable bonds is 4. The Morgan fingerprint density at radius 2 is 1.07 bits per heavy atom. The summed E-state index contributed by atoms with van der Waals surface area (Å²) < 4.78 is 13.0. The largest absolute Gasteiger partial charge is 0.494 e. The molecular formula is C38H32BNO2. The summed E-state index contributed by atoms with van der Waals surface area (Å²) in [6.07, 6.45) is 0. The molecule has 4 heteroatoms. The Labute approximate surface area is 248 Å². The van der Waals surface area contributed by atoms with Crippen molar-refractivity contribution in [1.82, 2.24) is 0 Å². The van der Waals surface area contributed by atoms with Gasteiger partial charge in [0.1, 0.15) is 0 Å². The highest BCUT2D eigenvalue weighted by Gasteiger charge is 2.53. The zero-order valence-electron chi connectivity index (χ0n) is 24.4. The molecule has 204 valence electrons. The minimum atomic E-state index is -0.546. The number of fused-ring (bicyclic) bond motifs is 3. The third kappa shape index (κ3) is 3.89. The standard InChI is InChI=1S/C38H32BNO2/c1-36(2)37(3,4)42-39(41-36)31-20-22-33-32-21-19-28(27-17-15-26(25-40)16-18-27)23-34(32)38(35(33)24-31,29-11-7-5-8-12-29)30-13-9-6-10-14-30/h5-24H,1-4H3. The molecule has 1 saturated heterocycles. The minimum Gasteiger partial charge on any atom is -0.399 e. The van der Waals surface area contributed by atoms with E-state index in [0.717, 1.165) is 16.6 Å². The molecule has 0 radical (unpaired) electrons. The summed E-state index contributed by atoms with van der Waals surface area (Å²) in [6.45, 7) is 8.39. The van der Waals surface area contributed by atoms with Gasteiger partial charge in [-0.3, -0.25) is 0 Å². The molecule has 0 N–H and O–H groups in total. The van der Waals surface area contributed by atoms with Crippen molar-refractivity contribution in [3.8, 4) is 28.3 Å². The Morgan fingerprint density at radius 3 is 1.62 bits per heavy atom. The van der Waals surface area contributed by atoms with E-state index in [2.05, 4.69) is 131 Å². The van der Waals surface area contributed by atoms with E-state index in [-0.39, 0.29) is 0 Å². The number of benzene rings is 5. The van der Waals surface area contributed by atoms with Crippen LogP contribution >= 0.6 is 0 Å². The van der Waals surface area contributed by atoms with Crippen molar-refractivity contribution in [3.05, 3.63) is 149 Å². The van der Waals surface area contributed by atoms with E-state index in [1.807, 2.05) is 24.3 Å². The highest BCUT2D eigenvalue weighted by molar-refractivity contribution is 6.62. The van der Waals surface area contributed by atoms with Crippen LogP contribution in [0.15, 0.2) is 121 Å². The zero-order chi connectivity index (χ0) is 29.1. The molecule has 42 heavy (non-hydrogen) atoms. The Kier molecular flexibility index (Phi) is 6.03. The molecule has 0 bridgehead atoms. The maximum Gasteiger partial charge on any atom is 0.494 e. The van der Waals surface area contributed by atoms with Gasteiger partial charge in [0.2, 0.25) is 0 Å². The molecule has 0 unspecified atom stereocenters. The van der Waals surface area contributed by atoms with Crippen molar-refractivity contribution in [3.63, 3.8) is 0 Å². The van der Waals surface area contributed by atoms with Crippen molar-refractivity contribution in [2.75, 3.05) is 0 Å². The first-order valence-corrected chi connectivity index (χ1v) is 14.5. The van der Waals surface area contributed by atoms with Crippen molar-refractivity contribution in [2.24, 2.45) is 0 Å².